The molecule has 4 rings (SSSR count). The highest BCUT2D eigenvalue weighted by molar-refractivity contribution is 7.89. The Balaban J connectivity index is 1.50. The summed E-state index contributed by atoms with van der Waals surface area (Å²) in [6, 6.07) is 14.8. The topological polar surface area (TPSA) is 74.7 Å². The quantitative estimate of drug-likeness (QED) is 0.520. The van der Waals surface area contributed by atoms with Crippen LogP contribution in [0.25, 0.3) is 10.2 Å². The average Bonchev–Trinajstić information content (AvgIpc) is 3.36. The first-order valence-electron chi connectivity index (χ1n) is 8.80. The van der Waals surface area contributed by atoms with Gasteiger partial charge in [-0.3, -0.25) is 5.43 Å². The SMILES string of the molecule is C/C(=N\Nc1nc2ccccc2s1)c1ccc(S(=O)(=O)N2CCCC2)cc1. The summed E-state index contributed by atoms with van der Waals surface area (Å²) in [6.07, 6.45) is 1.86. The molecule has 1 N–H and O–H groups in total. The molecule has 1 aromatic heterocycles. The van der Waals surface area contributed by atoms with Gasteiger partial charge in [-0.25, -0.2) is 13.4 Å². The largest absolute Gasteiger partial charge is 0.252 e. The lowest BCUT2D eigenvalue weighted by Crippen LogP contribution is -2.27. The van der Waals surface area contributed by atoms with Crippen molar-refractivity contribution in [1.82, 2.24) is 9.29 Å². The summed E-state index contributed by atoms with van der Waals surface area (Å²) in [5.74, 6) is 0. The normalized spacial score (nSPS) is 16.1. The van der Waals surface area contributed by atoms with Crippen LogP contribution < -0.4 is 5.43 Å². The van der Waals surface area contributed by atoms with E-state index in [4.69, 9.17) is 0 Å². The van der Waals surface area contributed by atoms with Gasteiger partial charge in [0.1, 0.15) is 0 Å². The second-order valence-electron chi connectivity index (χ2n) is 6.43. The first-order chi connectivity index (χ1) is 13.0. The van der Waals surface area contributed by atoms with Gasteiger partial charge in [0, 0.05) is 13.1 Å². The highest BCUT2D eigenvalue weighted by Gasteiger charge is 2.26. The van der Waals surface area contributed by atoms with Crippen LogP contribution in [0.5, 0.6) is 0 Å². The second kappa shape index (κ2) is 7.38. The lowest BCUT2D eigenvalue weighted by Gasteiger charge is -2.15. The summed E-state index contributed by atoms with van der Waals surface area (Å²) in [4.78, 5) is 4.82. The summed E-state index contributed by atoms with van der Waals surface area (Å²) in [5.41, 5.74) is 5.56. The fraction of sp³-hybridized carbons (Fsp3) is 0.263. The number of benzene rings is 2. The van der Waals surface area contributed by atoms with E-state index < -0.39 is 10.0 Å². The first-order valence-corrected chi connectivity index (χ1v) is 11.1. The Labute approximate surface area is 162 Å². The Morgan fingerprint density at radius 1 is 1.11 bits per heavy atom. The van der Waals surface area contributed by atoms with Gasteiger partial charge < -0.3 is 0 Å². The van der Waals surface area contributed by atoms with Crippen LogP contribution in [0.3, 0.4) is 0 Å². The molecule has 0 radical (unpaired) electrons. The maximum Gasteiger partial charge on any atom is 0.243 e. The van der Waals surface area contributed by atoms with Crippen molar-refractivity contribution >= 4 is 42.4 Å². The number of para-hydroxylation sites is 1. The molecule has 140 valence electrons. The zero-order valence-corrected chi connectivity index (χ0v) is 16.6. The van der Waals surface area contributed by atoms with Crippen molar-refractivity contribution in [2.75, 3.05) is 18.5 Å². The number of aromatic nitrogens is 1. The predicted molar refractivity (Wildman–Crippen MR) is 110 cm³/mol. The van der Waals surface area contributed by atoms with Crippen LogP contribution in [0.15, 0.2) is 58.5 Å². The van der Waals surface area contributed by atoms with E-state index in [-0.39, 0.29) is 0 Å². The molecule has 1 aliphatic heterocycles. The molecule has 3 aromatic rings. The highest BCUT2D eigenvalue weighted by atomic mass is 32.2. The van der Waals surface area contributed by atoms with Gasteiger partial charge in [-0.1, -0.05) is 35.6 Å². The number of thiazole rings is 1. The molecule has 0 unspecified atom stereocenters. The van der Waals surface area contributed by atoms with Crippen LogP contribution in [0, 0.1) is 0 Å². The van der Waals surface area contributed by atoms with Crippen molar-refractivity contribution in [2.45, 2.75) is 24.7 Å². The third-order valence-electron chi connectivity index (χ3n) is 4.59. The third-order valence-corrected chi connectivity index (χ3v) is 7.44. The second-order valence-corrected chi connectivity index (χ2v) is 9.40. The van der Waals surface area contributed by atoms with Gasteiger partial charge in [0.2, 0.25) is 15.2 Å². The van der Waals surface area contributed by atoms with Gasteiger partial charge in [-0.15, -0.1) is 0 Å². The monoisotopic (exact) mass is 400 g/mol. The molecule has 0 atom stereocenters. The molecule has 2 heterocycles. The lowest BCUT2D eigenvalue weighted by molar-refractivity contribution is 0.477. The molecular formula is C19H20N4O2S2. The highest BCUT2D eigenvalue weighted by Crippen LogP contribution is 2.25. The number of hydrogen-bond acceptors (Lipinski definition) is 6. The van der Waals surface area contributed by atoms with Crippen LogP contribution >= 0.6 is 11.3 Å². The van der Waals surface area contributed by atoms with Crippen molar-refractivity contribution in [2.24, 2.45) is 5.10 Å². The fourth-order valence-electron chi connectivity index (χ4n) is 3.06. The molecule has 0 saturated carbocycles. The zero-order chi connectivity index (χ0) is 18.9. The molecular weight excluding hydrogens is 380 g/mol. The predicted octanol–water partition coefficient (Wildman–Crippen LogP) is 3.92. The molecule has 27 heavy (non-hydrogen) atoms. The molecule has 0 amide bonds. The van der Waals surface area contributed by atoms with Gasteiger partial charge in [0.05, 0.1) is 20.8 Å². The molecule has 0 bridgehead atoms. The maximum absolute atomic E-state index is 12.6. The number of nitrogens with zero attached hydrogens (tertiary/aromatic N) is 3. The van der Waals surface area contributed by atoms with E-state index in [1.165, 1.54) is 0 Å². The minimum absolute atomic E-state index is 0.333. The first kappa shape index (κ1) is 18.1. The van der Waals surface area contributed by atoms with Crippen LogP contribution in [0.4, 0.5) is 5.13 Å². The van der Waals surface area contributed by atoms with Gasteiger partial charge in [-0.05, 0) is 49.6 Å². The van der Waals surface area contributed by atoms with Crippen LogP contribution in [-0.2, 0) is 10.0 Å². The van der Waals surface area contributed by atoms with E-state index in [0.29, 0.717) is 18.0 Å². The average molecular weight is 401 g/mol. The number of hydrogen-bond donors (Lipinski definition) is 1. The number of sulfonamides is 1. The third kappa shape index (κ3) is 3.73. The van der Waals surface area contributed by atoms with Crippen molar-refractivity contribution < 1.29 is 8.42 Å². The Morgan fingerprint density at radius 2 is 1.81 bits per heavy atom. The number of anilines is 1. The minimum Gasteiger partial charge on any atom is -0.252 e. The number of fused-ring (bicyclic) bond motifs is 1. The van der Waals surface area contributed by atoms with Gasteiger partial charge >= 0.3 is 0 Å². The smallest absolute Gasteiger partial charge is 0.243 e. The Hall–Kier alpha value is -2.29. The van der Waals surface area contributed by atoms with Gasteiger partial charge in [0.25, 0.3) is 0 Å². The molecule has 6 nitrogen and oxygen atoms in total. The van der Waals surface area contributed by atoms with Crippen molar-refractivity contribution in [3.63, 3.8) is 0 Å². The number of nitrogens with one attached hydrogen (secondary N) is 1. The van der Waals surface area contributed by atoms with E-state index in [0.717, 1.165) is 39.5 Å². The van der Waals surface area contributed by atoms with Crippen molar-refractivity contribution in [3.8, 4) is 0 Å². The summed E-state index contributed by atoms with van der Waals surface area (Å²) < 4.78 is 27.8. The molecule has 0 aliphatic carbocycles. The number of hydrazone groups is 1. The van der Waals surface area contributed by atoms with Gasteiger partial charge in [-0.2, -0.15) is 9.41 Å². The summed E-state index contributed by atoms with van der Waals surface area (Å²) in [5, 5.41) is 5.11. The minimum atomic E-state index is -3.38. The summed E-state index contributed by atoms with van der Waals surface area (Å²) >= 11 is 1.54. The standard InChI is InChI=1S/C19H20N4O2S2/c1-14(21-22-19-20-17-6-2-3-7-18(17)26-19)15-8-10-16(11-9-15)27(24,25)23-12-4-5-13-23/h2-3,6-11H,4-5,12-13H2,1H3,(H,20,22)/b21-14+. The van der Waals surface area contributed by atoms with Crippen molar-refractivity contribution in [3.05, 3.63) is 54.1 Å². The molecule has 1 aliphatic rings. The molecule has 1 fully saturated rings. The van der Waals surface area contributed by atoms with Gasteiger partial charge in [0.15, 0.2) is 0 Å². The van der Waals surface area contributed by atoms with E-state index in [1.807, 2.05) is 31.2 Å². The lowest BCUT2D eigenvalue weighted by atomic mass is 10.1. The summed E-state index contributed by atoms with van der Waals surface area (Å²) in [6.45, 7) is 3.09. The summed E-state index contributed by atoms with van der Waals surface area (Å²) in [7, 11) is -3.38. The molecule has 0 spiro atoms. The van der Waals surface area contributed by atoms with E-state index in [1.54, 1.807) is 39.9 Å². The van der Waals surface area contributed by atoms with E-state index in [9.17, 15) is 8.42 Å². The van der Waals surface area contributed by atoms with Crippen molar-refractivity contribution in [1.29, 1.82) is 0 Å². The molecule has 1 saturated heterocycles. The van der Waals surface area contributed by atoms with E-state index in [2.05, 4.69) is 15.5 Å². The Kier molecular flexibility index (Phi) is 4.94. The van der Waals surface area contributed by atoms with Crippen LogP contribution in [-0.4, -0.2) is 36.5 Å². The molecule has 8 heteroatoms. The fourth-order valence-corrected chi connectivity index (χ4v) is 5.39. The Morgan fingerprint density at radius 3 is 2.52 bits per heavy atom. The maximum atomic E-state index is 12.6. The Bertz CT molecular complexity index is 1050. The zero-order valence-electron chi connectivity index (χ0n) is 14.9. The number of rotatable bonds is 5. The molecule has 2 aromatic carbocycles. The van der Waals surface area contributed by atoms with Crippen LogP contribution in [0.2, 0.25) is 0 Å². The van der Waals surface area contributed by atoms with E-state index >= 15 is 0 Å². The van der Waals surface area contributed by atoms with Crippen LogP contribution in [0.1, 0.15) is 25.3 Å².